The first kappa shape index (κ1) is 11.9. The fourth-order valence-corrected chi connectivity index (χ4v) is 3.00. The van der Waals surface area contributed by atoms with E-state index in [4.69, 9.17) is 0 Å². The van der Waals surface area contributed by atoms with Gasteiger partial charge in [-0.1, -0.05) is 36.0 Å². The van der Waals surface area contributed by atoms with Crippen LogP contribution in [0.2, 0.25) is 0 Å². The summed E-state index contributed by atoms with van der Waals surface area (Å²) < 4.78 is 0. The first-order valence-corrected chi connectivity index (χ1v) is 6.11. The molecule has 6 heteroatoms. The molecule has 0 bridgehead atoms. The van der Waals surface area contributed by atoms with E-state index in [1.165, 1.54) is 23.9 Å². The number of rotatable bonds is 3. The van der Waals surface area contributed by atoms with Crippen molar-refractivity contribution in [1.29, 1.82) is 0 Å². The van der Waals surface area contributed by atoms with Gasteiger partial charge in [0.05, 0.1) is 11.7 Å². The van der Waals surface area contributed by atoms with E-state index in [1.54, 1.807) is 17.4 Å². The number of carbonyl (C=O) groups is 2. The molecule has 1 aliphatic rings. The minimum atomic E-state index is -1.22. The topological polar surface area (TPSA) is 96.9 Å². The highest BCUT2D eigenvalue weighted by Crippen LogP contribution is 2.26. The van der Waals surface area contributed by atoms with Gasteiger partial charge in [0, 0.05) is 5.56 Å². The van der Waals surface area contributed by atoms with Crippen LogP contribution in [0.3, 0.4) is 0 Å². The van der Waals surface area contributed by atoms with Gasteiger partial charge in [0.1, 0.15) is 12.0 Å². The van der Waals surface area contributed by atoms with E-state index >= 15 is 0 Å². The largest absolute Gasteiger partial charge is 0.545 e. The van der Waals surface area contributed by atoms with Crippen molar-refractivity contribution in [1.82, 2.24) is 0 Å². The second kappa shape index (κ2) is 4.77. The van der Waals surface area contributed by atoms with Gasteiger partial charge in [-0.3, -0.25) is 0 Å². The van der Waals surface area contributed by atoms with Gasteiger partial charge in [-0.25, -0.2) is 0 Å². The number of nitrogens with two attached hydrogens (primary N) is 1. The average molecular weight is 252 g/mol. The molecule has 1 fully saturated rings. The van der Waals surface area contributed by atoms with Gasteiger partial charge < -0.3 is 25.1 Å². The van der Waals surface area contributed by atoms with Crippen LogP contribution < -0.4 is 15.5 Å². The molecule has 2 N–H and O–H groups in total. The summed E-state index contributed by atoms with van der Waals surface area (Å²) >= 11 is 1.51. The maximum atomic E-state index is 10.7. The summed E-state index contributed by atoms with van der Waals surface area (Å²) in [4.78, 5) is 21.2. The van der Waals surface area contributed by atoms with Crippen LogP contribution in [0.5, 0.6) is 0 Å². The number of carboxylic acids is 2. The normalized spacial score (nSPS) is 23.5. The lowest BCUT2D eigenvalue weighted by Gasteiger charge is -2.11. The number of aromatic carboxylic acids is 1. The van der Waals surface area contributed by atoms with E-state index < -0.39 is 18.0 Å². The Labute approximate surface area is 102 Å². The molecule has 1 heterocycles. The molecule has 2 rings (SSSR count). The number of quaternary nitrogens is 1. The second-order valence-electron chi connectivity index (χ2n) is 3.78. The first-order chi connectivity index (χ1) is 8.08. The molecule has 0 saturated carbocycles. The fraction of sp³-hybridized carbons (Fsp3) is 0.273. The van der Waals surface area contributed by atoms with Crippen molar-refractivity contribution in [3.8, 4) is 0 Å². The van der Waals surface area contributed by atoms with Gasteiger partial charge in [0.15, 0.2) is 5.37 Å². The van der Waals surface area contributed by atoms with E-state index in [2.05, 4.69) is 0 Å². The lowest BCUT2D eigenvalue weighted by molar-refractivity contribution is -0.690. The molecule has 0 radical (unpaired) electrons. The number of carboxylic acid groups (broad SMARTS) is 2. The van der Waals surface area contributed by atoms with Gasteiger partial charge in [0.25, 0.3) is 0 Å². The molecule has 1 aromatic rings. The van der Waals surface area contributed by atoms with Gasteiger partial charge in [-0.05, 0) is 5.56 Å². The summed E-state index contributed by atoms with van der Waals surface area (Å²) in [6.45, 7) is 0. The van der Waals surface area contributed by atoms with Gasteiger partial charge in [-0.15, -0.1) is 0 Å². The number of hydrogen-bond acceptors (Lipinski definition) is 5. The first-order valence-electron chi connectivity index (χ1n) is 5.06. The van der Waals surface area contributed by atoms with Crippen LogP contribution >= 0.6 is 11.8 Å². The standard InChI is InChI=1S/C11H11NO4S/c13-10(14)7-3-1-6(2-4-7)9-12-8(5-17-9)11(15)16/h1-4,8-9,12H,5H2,(H,13,14)(H,15,16)/p-1/t8-,9+/m1/s1. The maximum absolute atomic E-state index is 10.7. The summed E-state index contributed by atoms with van der Waals surface area (Å²) in [5, 5.41) is 22.9. The van der Waals surface area contributed by atoms with Gasteiger partial charge >= 0.3 is 0 Å². The van der Waals surface area contributed by atoms with Crippen LogP contribution in [0.25, 0.3) is 0 Å². The third-order valence-electron chi connectivity index (χ3n) is 2.64. The van der Waals surface area contributed by atoms with E-state index in [1.807, 2.05) is 0 Å². The molecule has 5 nitrogen and oxygen atoms in total. The number of hydrogen-bond donors (Lipinski definition) is 1. The summed E-state index contributed by atoms with van der Waals surface area (Å²) in [5.74, 6) is -1.78. The van der Waals surface area contributed by atoms with Crippen molar-refractivity contribution in [3.63, 3.8) is 0 Å². The molecule has 0 aromatic heterocycles. The van der Waals surface area contributed by atoms with Crippen molar-refractivity contribution in [3.05, 3.63) is 35.4 Å². The average Bonchev–Trinajstić information content (AvgIpc) is 2.78. The summed E-state index contributed by atoms with van der Waals surface area (Å²) in [6, 6.07) is 5.75. The Morgan fingerprint density at radius 3 is 2.35 bits per heavy atom. The molecule has 1 aliphatic heterocycles. The summed E-state index contributed by atoms with van der Waals surface area (Å²) in [6.07, 6.45) is 0. The van der Waals surface area contributed by atoms with Crippen molar-refractivity contribution < 1.29 is 25.1 Å². The van der Waals surface area contributed by atoms with E-state index in [0.29, 0.717) is 5.75 Å². The van der Waals surface area contributed by atoms with Crippen molar-refractivity contribution in [2.45, 2.75) is 11.4 Å². The highest BCUT2D eigenvalue weighted by Gasteiger charge is 2.30. The molecule has 0 unspecified atom stereocenters. The third-order valence-corrected chi connectivity index (χ3v) is 3.98. The molecule has 2 atom stereocenters. The van der Waals surface area contributed by atoms with E-state index in [0.717, 1.165) is 5.56 Å². The number of benzene rings is 1. The molecule has 0 aliphatic carbocycles. The Balaban J connectivity index is 2.09. The third kappa shape index (κ3) is 2.59. The highest BCUT2D eigenvalue weighted by molar-refractivity contribution is 7.99. The molecular formula is C11H10NO4S-. The lowest BCUT2D eigenvalue weighted by atomic mass is 10.1. The van der Waals surface area contributed by atoms with Crippen molar-refractivity contribution in [2.24, 2.45) is 0 Å². The lowest BCUT2D eigenvalue weighted by Crippen LogP contribution is -2.90. The molecular weight excluding hydrogens is 242 g/mol. The predicted octanol–water partition coefficient (Wildman–Crippen LogP) is -2.52. The van der Waals surface area contributed by atoms with Gasteiger partial charge in [0.2, 0.25) is 0 Å². The number of carbonyl (C=O) groups excluding carboxylic acids is 2. The predicted molar refractivity (Wildman–Crippen MR) is 56.7 cm³/mol. The minimum absolute atomic E-state index is 0.0197. The maximum Gasteiger partial charge on any atom is 0.159 e. The molecule has 1 saturated heterocycles. The second-order valence-corrected chi connectivity index (χ2v) is 4.96. The Kier molecular flexibility index (Phi) is 3.35. The zero-order valence-corrected chi connectivity index (χ0v) is 9.61. The van der Waals surface area contributed by atoms with E-state index in [9.17, 15) is 19.8 Å². The van der Waals surface area contributed by atoms with Crippen LogP contribution in [0, 0.1) is 0 Å². The molecule has 0 amide bonds. The quantitative estimate of drug-likeness (QED) is 0.640. The molecule has 1 aromatic carbocycles. The van der Waals surface area contributed by atoms with Crippen LogP contribution in [-0.4, -0.2) is 23.7 Å². The van der Waals surface area contributed by atoms with Crippen LogP contribution in [0.15, 0.2) is 24.3 Å². The Bertz CT molecular complexity index is 445. The zero-order valence-electron chi connectivity index (χ0n) is 8.79. The van der Waals surface area contributed by atoms with E-state index in [-0.39, 0.29) is 10.9 Å². The van der Waals surface area contributed by atoms with Crippen LogP contribution in [0.1, 0.15) is 21.3 Å². The zero-order chi connectivity index (χ0) is 12.4. The summed E-state index contributed by atoms with van der Waals surface area (Å²) in [7, 11) is 0. The van der Waals surface area contributed by atoms with Crippen LogP contribution in [0.4, 0.5) is 0 Å². The Morgan fingerprint density at radius 1 is 1.24 bits per heavy atom. The SMILES string of the molecule is O=C([O-])c1ccc([C@H]2[NH2+][C@@H](C(=O)[O-])CS2)cc1. The number of thioether (sulfide) groups is 1. The smallest absolute Gasteiger partial charge is 0.159 e. The molecule has 0 spiro atoms. The molecule has 17 heavy (non-hydrogen) atoms. The Morgan fingerprint density at radius 2 is 1.88 bits per heavy atom. The summed E-state index contributed by atoms with van der Waals surface area (Å²) in [5.41, 5.74) is 1.01. The molecule has 90 valence electrons. The fourth-order valence-electron chi connectivity index (χ4n) is 1.69. The van der Waals surface area contributed by atoms with Gasteiger partial charge in [-0.2, -0.15) is 0 Å². The number of aliphatic carboxylic acids is 1. The minimum Gasteiger partial charge on any atom is -0.545 e. The van der Waals surface area contributed by atoms with Crippen LogP contribution in [-0.2, 0) is 4.79 Å². The van der Waals surface area contributed by atoms with Crippen molar-refractivity contribution in [2.75, 3.05) is 5.75 Å². The highest BCUT2D eigenvalue weighted by atomic mass is 32.2. The monoisotopic (exact) mass is 252 g/mol. The Hall–Kier alpha value is -1.53. The van der Waals surface area contributed by atoms with Crippen molar-refractivity contribution >= 4 is 23.7 Å².